The fourth-order valence-corrected chi connectivity index (χ4v) is 2.33. The van der Waals surface area contributed by atoms with E-state index in [-0.39, 0.29) is 17.1 Å². The standard InChI is InChI=1S/C16H11N5O2/c22-16-15(18-13-14(19-16)21-23-20-13)17-12-9-5-4-8-11(12)10-6-2-1-3-7-10/h1-9H,(H,17,18,20)(H,19,21,22). The lowest BCUT2D eigenvalue weighted by Gasteiger charge is -2.10. The zero-order valence-corrected chi connectivity index (χ0v) is 11.9. The summed E-state index contributed by atoms with van der Waals surface area (Å²) in [5.74, 6) is 0.136. The van der Waals surface area contributed by atoms with Crippen LogP contribution in [0.1, 0.15) is 0 Å². The summed E-state index contributed by atoms with van der Waals surface area (Å²) in [7, 11) is 0. The van der Waals surface area contributed by atoms with Crippen molar-refractivity contribution in [2.45, 2.75) is 0 Å². The quantitative estimate of drug-likeness (QED) is 0.604. The molecule has 7 nitrogen and oxygen atoms in total. The number of hydrogen-bond donors (Lipinski definition) is 2. The Morgan fingerprint density at radius 1 is 0.957 bits per heavy atom. The summed E-state index contributed by atoms with van der Waals surface area (Å²) in [5.41, 5.74) is 2.84. The van der Waals surface area contributed by atoms with Gasteiger partial charge in [0.25, 0.3) is 5.56 Å². The molecule has 2 N–H and O–H groups in total. The molecule has 0 aliphatic heterocycles. The normalized spacial score (nSPS) is 10.8. The molecule has 23 heavy (non-hydrogen) atoms. The van der Waals surface area contributed by atoms with Gasteiger partial charge in [-0.15, -0.1) is 0 Å². The number of rotatable bonds is 3. The monoisotopic (exact) mass is 305 g/mol. The Kier molecular flexibility index (Phi) is 3.09. The second kappa shape index (κ2) is 5.38. The number of nitrogens with zero attached hydrogens (tertiary/aromatic N) is 3. The molecule has 0 aliphatic rings. The van der Waals surface area contributed by atoms with E-state index in [1.807, 2.05) is 54.6 Å². The number of H-pyrrole nitrogens is 1. The maximum absolute atomic E-state index is 12.1. The molecule has 0 unspecified atom stereocenters. The Balaban J connectivity index is 1.79. The van der Waals surface area contributed by atoms with Crippen LogP contribution in [0.2, 0.25) is 0 Å². The molecular formula is C16H11N5O2. The molecule has 0 saturated carbocycles. The van der Waals surface area contributed by atoms with Gasteiger partial charge in [-0.3, -0.25) is 9.78 Å². The zero-order chi connectivity index (χ0) is 15.6. The Morgan fingerprint density at radius 3 is 2.61 bits per heavy atom. The van der Waals surface area contributed by atoms with Gasteiger partial charge >= 0.3 is 0 Å². The number of hydrogen-bond acceptors (Lipinski definition) is 6. The molecule has 112 valence electrons. The first-order valence-corrected chi connectivity index (χ1v) is 6.95. The lowest BCUT2D eigenvalue weighted by atomic mass is 10.0. The minimum atomic E-state index is -0.393. The maximum atomic E-state index is 12.1. The second-order valence-corrected chi connectivity index (χ2v) is 4.89. The number of aromatic nitrogens is 4. The second-order valence-electron chi connectivity index (χ2n) is 4.89. The van der Waals surface area contributed by atoms with Gasteiger partial charge in [0.2, 0.25) is 11.3 Å². The first-order chi connectivity index (χ1) is 11.3. The largest absolute Gasteiger partial charge is 0.335 e. The Labute approximate surface area is 130 Å². The predicted octanol–water partition coefficient (Wildman–Crippen LogP) is 2.72. The van der Waals surface area contributed by atoms with Crippen LogP contribution >= 0.6 is 0 Å². The third kappa shape index (κ3) is 2.44. The van der Waals surface area contributed by atoms with Crippen molar-refractivity contribution in [3.63, 3.8) is 0 Å². The van der Waals surface area contributed by atoms with Crippen LogP contribution in [0.15, 0.2) is 64.0 Å². The topological polar surface area (TPSA) is 96.7 Å². The van der Waals surface area contributed by atoms with E-state index in [1.54, 1.807) is 0 Å². The number of anilines is 2. The van der Waals surface area contributed by atoms with Crippen LogP contribution < -0.4 is 10.9 Å². The Bertz CT molecular complexity index is 1020. The van der Waals surface area contributed by atoms with Gasteiger partial charge in [-0.2, -0.15) is 4.98 Å². The van der Waals surface area contributed by atoms with Gasteiger partial charge in [-0.05, 0) is 21.9 Å². The molecule has 2 aromatic heterocycles. The van der Waals surface area contributed by atoms with Gasteiger partial charge in [-0.1, -0.05) is 48.5 Å². The van der Waals surface area contributed by atoms with Crippen molar-refractivity contribution < 1.29 is 4.63 Å². The van der Waals surface area contributed by atoms with E-state index in [9.17, 15) is 4.79 Å². The summed E-state index contributed by atoms with van der Waals surface area (Å²) in [5, 5.41) is 10.3. The van der Waals surface area contributed by atoms with Crippen molar-refractivity contribution in [2.24, 2.45) is 0 Å². The summed E-state index contributed by atoms with van der Waals surface area (Å²) in [6, 6.07) is 17.6. The number of nitrogens with one attached hydrogen (secondary N) is 2. The molecule has 0 aliphatic carbocycles. The highest BCUT2D eigenvalue weighted by Gasteiger charge is 2.11. The molecule has 4 rings (SSSR count). The van der Waals surface area contributed by atoms with E-state index in [2.05, 4.69) is 30.2 Å². The molecule has 0 radical (unpaired) electrons. The molecule has 0 fully saturated rings. The smallest absolute Gasteiger partial charge is 0.292 e. The average molecular weight is 305 g/mol. The van der Waals surface area contributed by atoms with Gasteiger partial charge in [0, 0.05) is 11.3 Å². The molecule has 0 bridgehead atoms. The van der Waals surface area contributed by atoms with Crippen molar-refractivity contribution in [3.05, 3.63) is 65.0 Å². The van der Waals surface area contributed by atoms with Gasteiger partial charge in [0.15, 0.2) is 5.82 Å². The van der Waals surface area contributed by atoms with E-state index in [0.29, 0.717) is 0 Å². The summed E-state index contributed by atoms with van der Waals surface area (Å²) in [6.07, 6.45) is 0. The van der Waals surface area contributed by atoms with Crippen LogP contribution in [0, 0.1) is 0 Å². The number of aromatic amines is 1. The predicted molar refractivity (Wildman–Crippen MR) is 85.4 cm³/mol. The van der Waals surface area contributed by atoms with E-state index in [1.165, 1.54) is 0 Å². The molecule has 2 aromatic carbocycles. The zero-order valence-electron chi connectivity index (χ0n) is 11.9. The fourth-order valence-electron chi connectivity index (χ4n) is 2.33. The SMILES string of the molecule is O=c1[nH]c2nonc2nc1Nc1ccccc1-c1ccccc1. The van der Waals surface area contributed by atoms with Gasteiger partial charge in [0.1, 0.15) is 0 Å². The van der Waals surface area contributed by atoms with Crippen LogP contribution in [-0.4, -0.2) is 20.3 Å². The van der Waals surface area contributed by atoms with Crippen molar-refractivity contribution >= 4 is 22.8 Å². The summed E-state index contributed by atoms with van der Waals surface area (Å²) < 4.78 is 4.56. The minimum absolute atomic E-state index is 0.136. The Morgan fingerprint density at radius 2 is 1.74 bits per heavy atom. The average Bonchev–Trinajstić information content (AvgIpc) is 3.03. The van der Waals surface area contributed by atoms with Crippen molar-refractivity contribution in [1.82, 2.24) is 20.3 Å². The van der Waals surface area contributed by atoms with E-state index < -0.39 is 5.56 Å². The number of para-hydroxylation sites is 1. The lowest BCUT2D eigenvalue weighted by molar-refractivity contribution is 0.314. The van der Waals surface area contributed by atoms with Crippen molar-refractivity contribution in [1.29, 1.82) is 0 Å². The number of fused-ring (bicyclic) bond motifs is 1. The van der Waals surface area contributed by atoms with E-state index >= 15 is 0 Å². The summed E-state index contributed by atoms with van der Waals surface area (Å²) >= 11 is 0. The summed E-state index contributed by atoms with van der Waals surface area (Å²) in [4.78, 5) is 18.8. The van der Waals surface area contributed by atoms with E-state index in [0.717, 1.165) is 16.8 Å². The highest BCUT2D eigenvalue weighted by atomic mass is 16.6. The molecular weight excluding hydrogens is 294 g/mol. The van der Waals surface area contributed by atoms with E-state index in [4.69, 9.17) is 0 Å². The molecule has 4 aromatic rings. The van der Waals surface area contributed by atoms with Crippen molar-refractivity contribution in [2.75, 3.05) is 5.32 Å². The summed E-state index contributed by atoms with van der Waals surface area (Å²) in [6.45, 7) is 0. The molecule has 0 atom stereocenters. The third-order valence-electron chi connectivity index (χ3n) is 3.40. The molecule has 7 heteroatoms. The first kappa shape index (κ1) is 13.2. The Hall–Kier alpha value is -3.48. The highest BCUT2D eigenvalue weighted by molar-refractivity contribution is 5.80. The molecule has 0 amide bonds. The molecule has 2 heterocycles. The molecule has 0 saturated heterocycles. The fraction of sp³-hybridized carbons (Fsp3) is 0. The van der Waals surface area contributed by atoms with Gasteiger partial charge < -0.3 is 5.32 Å². The van der Waals surface area contributed by atoms with Crippen LogP contribution in [0.25, 0.3) is 22.4 Å². The van der Waals surface area contributed by atoms with Gasteiger partial charge in [0.05, 0.1) is 0 Å². The maximum Gasteiger partial charge on any atom is 0.292 e. The van der Waals surface area contributed by atoms with Gasteiger partial charge in [-0.25, -0.2) is 4.63 Å². The lowest BCUT2D eigenvalue weighted by Crippen LogP contribution is -2.14. The van der Waals surface area contributed by atoms with Crippen LogP contribution in [0.4, 0.5) is 11.5 Å². The van der Waals surface area contributed by atoms with Crippen LogP contribution in [0.3, 0.4) is 0 Å². The number of benzene rings is 2. The minimum Gasteiger partial charge on any atom is -0.335 e. The first-order valence-electron chi connectivity index (χ1n) is 6.95. The highest BCUT2D eigenvalue weighted by Crippen LogP contribution is 2.28. The van der Waals surface area contributed by atoms with Crippen molar-refractivity contribution in [3.8, 4) is 11.1 Å². The van der Waals surface area contributed by atoms with Crippen LogP contribution in [-0.2, 0) is 0 Å². The molecule has 0 spiro atoms. The van der Waals surface area contributed by atoms with Crippen LogP contribution in [0.5, 0.6) is 0 Å². The third-order valence-corrected chi connectivity index (χ3v) is 3.40.